The number of alkyl halides is 1. The number of rotatable bonds is 3. The molecule has 0 amide bonds. The van der Waals surface area contributed by atoms with Gasteiger partial charge in [-0.3, -0.25) is 0 Å². The number of ether oxygens (including phenoxy) is 1. The summed E-state index contributed by atoms with van der Waals surface area (Å²) < 4.78 is 20.1. The predicted molar refractivity (Wildman–Crippen MR) is 73.2 cm³/mol. The van der Waals surface area contributed by atoms with Crippen LogP contribution in [0.25, 0.3) is 0 Å². The predicted octanol–water partition coefficient (Wildman–Crippen LogP) is 5.28. The minimum absolute atomic E-state index is 0.269. The molecular formula is C13H9Br2FO. The van der Waals surface area contributed by atoms with Gasteiger partial charge in [0, 0.05) is 15.4 Å². The lowest BCUT2D eigenvalue weighted by atomic mass is 10.2. The lowest BCUT2D eigenvalue weighted by Gasteiger charge is -2.10. The highest BCUT2D eigenvalue weighted by molar-refractivity contribution is 9.10. The molecule has 0 bridgehead atoms. The average Bonchev–Trinajstić information content (AvgIpc) is 2.29. The Bertz CT molecular complexity index is 529. The molecule has 0 aliphatic carbocycles. The number of hydrogen-bond acceptors (Lipinski definition) is 1. The molecule has 0 unspecified atom stereocenters. The molecule has 0 heterocycles. The Morgan fingerprint density at radius 3 is 2.59 bits per heavy atom. The maximum atomic E-state index is 13.5. The van der Waals surface area contributed by atoms with Crippen LogP contribution in [-0.2, 0) is 5.33 Å². The molecule has 0 saturated carbocycles. The average molecular weight is 360 g/mol. The first-order chi connectivity index (χ1) is 8.20. The van der Waals surface area contributed by atoms with E-state index in [0.717, 1.165) is 4.47 Å². The Kier molecular flexibility index (Phi) is 4.18. The van der Waals surface area contributed by atoms with Crippen LogP contribution in [0.2, 0.25) is 0 Å². The van der Waals surface area contributed by atoms with E-state index < -0.39 is 0 Å². The van der Waals surface area contributed by atoms with Crippen molar-refractivity contribution in [1.29, 1.82) is 0 Å². The zero-order chi connectivity index (χ0) is 12.3. The molecule has 4 heteroatoms. The van der Waals surface area contributed by atoms with E-state index in [-0.39, 0.29) is 5.82 Å². The van der Waals surface area contributed by atoms with Gasteiger partial charge in [-0.2, -0.15) is 0 Å². The van der Waals surface area contributed by atoms with Gasteiger partial charge in [0.2, 0.25) is 0 Å². The van der Waals surface area contributed by atoms with Crippen LogP contribution in [0.5, 0.6) is 11.5 Å². The molecule has 0 radical (unpaired) electrons. The van der Waals surface area contributed by atoms with Crippen LogP contribution < -0.4 is 4.74 Å². The fourth-order valence-corrected chi connectivity index (χ4v) is 2.34. The summed E-state index contributed by atoms with van der Waals surface area (Å²) in [6, 6.07) is 12.2. The van der Waals surface area contributed by atoms with Crippen molar-refractivity contribution in [3.63, 3.8) is 0 Å². The van der Waals surface area contributed by atoms with E-state index in [1.165, 1.54) is 6.07 Å². The van der Waals surface area contributed by atoms with Gasteiger partial charge >= 0.3 is 0 Å². The fraction of sp³-hybridized carbons (Fsp3) is 0.0769. The minimum Gasteiger partial charge on any atom is -0.457 e. The molecule has 1 nitrogen and oxygen atoms in total. The van der Waals surface area contributed by atoms with E-state index in [2.05, 4.69) is 31.9 Å². The summed E-state index contributed by atoms with van der Waals surface area (Å²) in [5, 5.41) is 0.420. The Balaban J connectivity index is 2.33. The number of benzene rings is 2. The summed E-state index contributed by atoms with van der Waals surface area (Å²) in [7, 11) is 0. The summed E-state index contributed by atoms with van der Waals surface area (Å²) >= 11 is 6.62. The summed E-state index contributed by atoms with van der Waals surface area (Å²) in [5.41, 5.74) is 0.521. The van der Waals surface area contributed by atoms with E-state index in [0.29, 0.717) is 22.4 Å². The highest BCUT2D eigenvalue weighted by Gasteiger charge is 2.09. The molecule has 2 aromatic rings. The molecule has 0 aliphatic rings. The third-order valence-corrected chi connectivity index (χ3v) is 3.29. The third-order valence-electron chi connectivity index (χ3n) is 2.23. The third kappa shape index (κ3) is 3.07. The van der Waals surface area contributed by atoms with Crippen LogP contribution in [-0.4, -0.2) is 0 Å². The molecule has 88 valence electrons. The standard InChI is InChI=1S/C13H9Br2FO/c14-8-11-12(16)5-2-6-13(11)17-10-4-1-3-9(15)7-10/h1-7H,8H2. The summed E-state index contributed by atoms with van der Waals surface area (Å²) in [4.78, 5) is 0. The normalized spacial score (nSPS) is 10.3. The minimum atomic E-state index is -0.269. The van der Waals surface area contributed by atoms with Gasteiger partial charge in [0.15, 0.2) is 0 Å². The number of hydrogen-bond donors (Lipinski definition) is 0. The molecular weight excluding hydrogens is 351 g/mol. The largest absolute Gasteiger partial charge is 0.457 e. The molecule has 0 aromatic heterocycles. The van der Waals surface area contributed by atoms with E-state index in [4.69, 9.17) is 4.74 Å². The second-order valence-corrected chi connectivity index (χ2v) is 4.89. The van der Waals surface area contributed by atoms with Crippen LogP contribution in [0.1, 0.15) is 5.56 Å². The van der Waals surface area contributed by atoms with Gasteiger partial charge in [-0.1, -0.05) is 44.0 Å². The Morgan fingerprint density at radius 1 is 1.12 bits per heavy atom. The van der Waals surface area contributed by atoms with Crippen LogP contribution in [0.3, 0.4) is 0 Å². The first kappa shape index (κ1) is 12.6. The SMILES string of the molecule is Fc1cccc(Oc2cccc(Br)c2)c1CBr. The highest BCUT2D eigenvalue weighted by Crippen LogP contribution is 2.29. The van der Waals surface area contributed by atoms with Crippen molar-refractivity contribution >= 4 is 31.9 Å². The summed E-state index contributed by atoms with van der Waals surface area (Å²) in [6.07, 6.45) is 0. The van der Waals surface area contributed by atoms with Crippen molar-refractivity contribution in [3.8, 4) is 11.5 Å². The highest BCUT2D eigenvalue weighted by atomic mass is 79.9. The van der Waals surface area contributed by atoms with Gasteiger partial charge in [0.25, 0.3) is 0 Å². The monoisotopic (exact) mass is 358 g/mol. The lowest BCUT2D eigenvalue weighted by Crippen LogP contribution is -1.92. The van der Waals surface area contributed by atoms with E-state index >= 15 is 0 Å². The van der Waals surface area contributed by atoms with Crippen LogP contribution in [0.4, 0.5) is 4.39 Å². The summed E-state index contributed by atoms with van der Waals surface area (Å²) in [5.74, 6) is 0.932. The molecule has 0 spiro atoms. The quantitative estimate of drug-likeness (QED) is 0.678. The van der Waals surface area contributed by atoms with Crippen LogP contribution in [0, 0.1) is 5.82 Å². The second kappa shape index (κ2) is 5.65. The van der Waals surface area contributed by atoms with Gasteiger partial charge in [-0.25, -0.2) is 4.39 Å². The van der Waals surface area contributed by atoms with Crippen molar-refractivity contribution < 1.29 is 9.13 Å². The van der Waals surface area contributed by atoms with Crippen molar-refractivity contribution in [2.45, 2.75) is 5.33 Å². The van der Waals surface area contributed by atoms with Gasteiger partial charge in [0.05, 0.1) is 0 Å². The van der Waals surface area contributed by atoms with Crippen molar-refractivity contribution in [1.82, 2.24) is 0 Å². The van der Waals surface area contributed by atoms with Gasteiger partial charge in [0.1, 0.15) is 17.3 Å². The van der Waals surface area contributed by atoms with Gasteiger partial charge in [-0.15, -0.1) is 0 Å². The second-order valence-electron chi connectivity index (χ2n) is 3.41. The van der Waals surface area contributed by atoms with Crippen molar-refractivity contribution in [3.05, 3.63) is 58.3 Å². The first-order valence-corrected chi connectivity index (χ1v) is 6.89. The molecule has 2 rings (SSSR count). The molecule has 0 atom stereocenters. The maximum Gasteiger partial charge on any atom is 0.134 e. The summed E-state index contributed by atoms with van der Waals surface area (Å²) in [6.45, 7) is 0. The topological polar surface area (TPSA) is 9.23 Å². The maximum absolute atomic E-state index is 13.5. The van der Waals surface area contributed by atoms with E-state index in [1.807, 2.05) is 24.3 Å². The molecule has 0 aliphatic heterocycles. The van der Waals surface area contributed by atoms with Crippen LogP contribution in [0.15, 0.2) is 46.9 Å². The molecule has 17 heavy (non-hydrogen) atoms. The molecule has 0 fully saturated rings. The van der Waals surface area contributed by atoms with Crippen LogP contribution >= 0.6 is 31.9 Å². The fourth-order valence-electron chi connectivity index (χ4n) is 1.42. The van der Waals surface area contributed by atoms with Crippen molar-refractivity contribution in [2.75, 3.05) is 0 Å². The van der Waals surface area contributed by atoms with E-state index in [1.54, 1.807) is 12.1 Å². The van der Waals surface area contributed by atoms with Crippen molar-refractivity contribution in [2.24, 2.45) is 0 Å². The zero-order valence-electron chi connectivity index (χ0n) is 8.79. The molecule has 0 N–H and O–H groups in total. The Morgan fingerprint density at radius 2 is 1.88 bits per heavy atom. The van der Waals surface area contributed by atoms with E-state index in [9.17, 15) is 4.39 Å². The number of halogens is 3. The first-order valence-electron chi connectivity index (χ1n) is 4.97. The Hall–Kier alpha value is -0.870. The van der Waals surface area contributed by atoms with Gasteiger partial charge < -0.3 is 4.74 Å². The lowest BCUT2D eigenvalue weighted by molar-refractivity contribution is 0.470. The molecule has 2 aromatic carbocycles. The molecule has 0 saturated heterocycles. The Labute approximate surface area is 116 Å². The zero-order valence-corrected chi connectivity index (χ0v) is 12.0. The smallest absolute Gasteiger partial charge is 0.134 e. The van der Waals surface area contributed by atoms with Gasteiger partial charge in [-0.05, 0) is 30.3 Å².